The van der Waals surface area contributed by atoms with Gasteiger partial charge in [0.05, 0.1) is 11.2 Å². The first kappa shape index (κ1) is 33.4. The smallest absolute Gasteiger partial charge is 0.258 e. The Kier molecular flexibility index (Phi) is 12.3. The van der Waals surface area contributed by atoms with Crippen molar-refractivity contribution in [2.75, 3.05) is 0 Å². The Morgan fingerprint density at radius 2 is 0.625 bits per heavy atom. The minimum absolute atomic E-state index is 0.469. The summed E-state index contributed by atoms with van der Waals surface area (Å²) < 4.78 is 24.3. The molecule has 8 heteroatoms. The van der Waals surface area contributed by atoms with Gasteiger partial charge in [0.1, 0.15) is 0 Å². The summed E-state index contributed by atoms with van der Waals surface area (Å²) in [6.07, 6.45) is 1.27. The highest BCUT2D eigenvalue weighted by Crippen LogP contribution is 2.38. The topological polar surface area (TPSA) is 115 Å². The molecule has 0 saturated carbocycles. The first-order chi connectivity index (χ1) is 18.6. The lowest BCUT2D eigenvalue weighted by molar-refractivity contribution is 0.0169. The predicted molar refractivity (Wildman–Crippen MR) is 166 cm³/mol. The van der Waals surface area contributed by atoms with Crippen LogP contribution in [0.2, 0.25) is 0 Å². The van der Waals surface area contributed by atoms with Crippen molar-refractivity contribution in [3.63, 3.8) is 0 Å². The molecule has 214 valence electrons. The zero-order chi connectivity index (χ0) is 29.9. The molecule has 4 N–H and O–H groups in total. The zero-order valence-electron chi connectivity index (χ0n) is 23.5. The van der Waals surface area contributed by atoms with Crippen molar-refractivity contribution in [3.8, 4) is 0 Å². The summed E-state index contributed by atoms with van der Waals surface area (Å²) in [5.74, 6) is 0. The second-order valence-electron chi connectivity index (χ2n) is 10.6. The van der Waals surface area contributed by atoms with Gasteiger partial charge in [-0.25, -0.2) is 0 Å². The summed E-state index contributed by atoms with van der Waals surface area (Å²) in [7, 11) is -6.79. The fourth-order valence-corrected chi connectivity index (χ4v) is 6.33. The van der Waals surface area contributed by atoms with Crippen LogP contribution in [0.3, 0.4) is 0 Å². The lowest BCUT2D eigenvalue weighted by Crippen LogP contribution is -2.26. The molecular formula is C32H40O6P2. The Morgan fingerprint density at radius 3 is 0.775 bits per heavy atom. The standard InChI is InChI=1S/2C12H11O2P.C8H18O2/c2*13-15(14,11-7-3-1-4-8-11)12-9-5-2-6-10-12;1-7(2,9)5-6-8(3,4)10/h2*1-10H,(H,13,14);9-10H,5-6H2,1-4H3. The molecule has 4 rings (SSSR count). The van der Waals surface area contributed by atoms with Gasteiger partial charge in [0.15, 0.2) is 0 Å². The summed E-state index contributed by atoms with van der Waals surface area (Å²) >= 11 is 0. The molecule has 0 bridgehead atoms. The molecule has 40 heavy (non-hydrogen) atoms. The Balaban J connectivity index is 0.000000216. The SMILES string of the molecule is CC(C)(O)CCC(C)(C)O.O=P(O)(c1ccccc1)c1ccccc1.O=P(O)(c1ccccc1)c1ccccc1. The van der Waals surface area contributed by atoms with Gasteiger partial charge in [-0.1, -0.05) is 72.8 Å². The molecule has 0 aliphatic heterocycles. The van der Waals surface area contributed by atoms with E-state index in [-0.39, 0.29) is 0 Å². The lowest BCUT2D eigenvalue weighted by Gasteiger charge is -2.23. The number of hydrogen-bond acceptors (Lipinski definition) is 4. The molecular weight excluding hydrogens is 542 g/mol. The number of benzene rings is 4. The third-order valence-electron chi connectivity index (χ3n) is 5.77. The summed E-state index contributed by atoms with van der Waals surface area (Å²) in [6, 6.07) is 34.8. The number of rotatable bonds is 7. The maximum absolute atomic E-state index is 12.2. The average molecular weight is 583 g/mol. The van der Waals surface area contributed by atoms with Gasteiger partial charge in [-0.2, -0.15) is 0 Å². The molecule has 4 aromatic rings. The maximum Gasteiger partial charge on any atom is 0.258 e. The van der Waals surface area contributed by atoms with Crippen molar-refractivity contribution in [2.45, 2.75) is 51.7 Å². The van der Waals surface area contributed by atoms with Crippen LogP contribution in [-0.2, 0) is 9.13 Å². The van der Waals surface area contributed by atoms with Crippen LogP contribution in [0.15, 0.2) is 121 Å². The highest BCUT2D eigenvalue weighted by molar-refractivity contribution is 7.73. The van der Waals surface area contributed by atoms with Crippen LogP contribution in [0.1, 0.15) is 40.5 Å². The van der Waals surface area contributed by atoms with E-state index in [1.165, 1.54) is 0 Å². The van der Waals surface area contributed by atoms with Crippen molar-refractivity contribution >= 4 is 36.0 Å². The van der Waals surface area contributed by atoms with Crippen LogP contribution in [0, 0.1) is 0 Å². The van der Waals surface area contributed by atoms with E-state index in [2.05, 4.69) is 0 Å². The van der Waals surface area contributed by atoms with Gasteiger partial charge in [-0.15, -0.1) is 0 Å². The molecule has 4 aromatic carbocycles. The molecule has 0 radical (unpaired) electrons. The van der Waals surface area contributed by atoms with E-state index in [1.807, 2.05) is 24.3 Å². The van der Waals surface area contributed by atoms with E-state index >= 15 is 0 Å². The molecule has 0 aliphatic rings. The second-order valence-corrected chi connectivity index (χ2v) is 15.0. The quantitative estimate of drug-likeness (QED) is 0.225. The fourth-order valence-electron chi connectivity index (χ4n) is 3.43. The van der Waals surface area contributed by atoms with Crippen LogP contribution in [0.5, 0.6) is 0 Å². The van der Waals surface area contributed by atoms with Gasteiger partial charge in [-0.3, -0.25) is 9.13 Å². The van der Waals surface area contributed by atoms with E-state index in [9.17, 15) is 29.1 Å². The largest absolute Gasteiger partial charge is 0.390 e. The van der Waals surface area contributed by atoms with Crippen LogP contribution in [0.4, 0.5) is 0 Å². The normalized spacial score (nSPS) is 11.9. The van der Waals surface area contributed by atoms with Gasteiger partial charge in [0.2, 0.25) is 0 Å². The monoisotopic (exact) mass is 582 g/mol. The Morgan fingerprint density at radius 1 is 0.450 bits per heavy atom. The van der Waals surface area contributed by atoms with Gasteiger partial charge in [-0.05, 0) is 89.1 Å². The van der Waals surface area contributed by atoms with Crippen LogP contribution in [-0.4, -0.2) is 31.2 Å². The molecule has 0 atom stereocenters. The lowest BCUT2D eigenvalue weighted by atomic mass is 9.94. The Hall–Kier alpha value is -2.82. The molecule has 0 amide bonds. The first-order valence-corrected chi connectivity index (χ1v) is 16.3. The molecule has 0 heterocycles. The Bertz CT molecular complexity index is 1170. The van der Waals surface area contributed by atoms with Crippen LogP contribution in [0.25, 0.3) is 0 Å². The van der Waals surface area contributed by atoms with Crippen molar-refractivity contribution in [2.24, 2.45) is 0 Å². The molecule has 0 aromatic heterocycles. The van der Waals surface area contributed by atoms with Crippen molar-refractivity contribution < 1.29 is 29.1 Å². The third kappa shape index (κ3) is 11.3. The molecule has 0 fully saturated rings. The third-order valence-corrected chi connectivity index (χ3v) is 9.77. The van der Waals surface area contributed by atoms with Gasteiger partial charge in [0.25, 0.3) is 14.7 Å². The molecule has 0 saturated heterocycles. The number of aliphatic hydroxyl groups is 2. The summed E-state index contributed by atoms with van der Waals surface area (Å²) in [5.41, 5.74) is -1.31. The minimum atomic E-state index is -3.40. The van der Waals surface area contributed by atoms with Crippen LogP contribution >= 0.6 is 14.7 Å². The first-order valence-electron chi connectivity index (χ1n) is 13.0. The van der Waals surface area contributed by atoms with Crippen molar-refractivity contribution in [1.82, 2.24) is 0 Å². The summed E-state index contributed by atoms with van der Waals surface area (Å²) in [6.45, 7) is 7.00. The minimum Gasteiger partial charge on any atom is -0.390 e. The fraction of sp³-hybridized carbons (Fsp3) is 0.250. The molecule has 6 nitrogen and oxygen atoms in total. The van der Waals surface area contributed by atoms with E-state index in [1.54, 1.807) is 125 Å². The highest BCUT2D eigenvalue weighted by Gasteiger charge is 2.24. The van der Waals surface area contributed by atoms with Gasteiger partial charge >= 0.3 is 0 Å². The summed E-state index contributed by atoms with van der Waals surface area (Å²) in [5, 5.41) is 20.4. The van der Waals surface area contributed by atoms with E-state index < -0.39 is 25.9 Å². The Labute approximate surface area is 237 Å². The van der Waals surface area contributed by atoms with Crippen molar-refractivity contribution in [3.05, 3.63) is 121 Å². The highest BCUT2D eigenvalue weighted by atomic mass is 31.2. The molecule has 0 unspecified atom stereocenters. The van der Waals surface area contributed by atoms with E-state index in [0.29, 0.717) is 34.1 Å². The molecule has 0 spiro atoms. The van der Waals surface area contributed by atoms with Crippen LogP contribution < -0.4 is 21.2 Å². The maximum atomic E-state index is 12.2. The molecule has 0 aliphatic carbocycles. The average Bonchev–Trinajstić information content (AvgIpc) is 2.94. The summed E-state index contributed by atoms with van der Waals surface area (Å²) in [4.78, 5) is 20.0. The van der Waals surface area contributed by atoms with E-state index in [4.69, 9.17) is 0 Å². The van der Waals surface area contributed by atoms with Gasteiger partial charge in [0, 0.05) is 21.2 Å². The predicted octanol–water partition coefficient (Wildman–Crippen LogP) is 5.12. The zero-order valence-corrected chi connectivity index (χ0v) is 25.2. The number of hydrogen-bond donors (Lipinski definition) is 4. The van der Waals surface area contributed by atoms with Crippen molar-refractivity contribution in [1.29, 1.82) is 0 Å². The second kappa shape index (κ2) is 14.7. The van der Waals surface area contributed by atoms with E-state index in [0.717, 1.165) is 0 Å². The van der Waals surface area contributed by atoms with Gasteiger partial charge < -0.3 is 20.0 Å².